The summed E-state index contributed by atoms with van der Waals surface area (Å²) in [5, 5.41) is 0. The van der Waals surface area contributed by atoms with Crippen molar-refractivity contribution in [3.63, 3.8) is 0 Å². The monoisotopic (exact) mass is 226 g/mol. The van der Waals surface area contributed by atoms with Gasteiger partial charge in [0, 0.05) is 0 Å². The van der Waals surface area contributed by atoms with Crippen LogP contribution in [0.3, 0.4) is 0 Å². The molecule has 0 unspecified atom stereocenters. The first kappa shape index (κ1) is 9.90. The molecule has 2 bridgehead atoms. The number of ether oxygens (including phenoxy) is 1. The van der Waals surface area contributed by atoms with Gasteiger partial charge in [-0.2, -0.15) is 0 Å². The van der Waals surface area contributed by atoms with Crippen LogP contribution in [0.2, 0.25) is 0 Å². The topological polar surface area (TPSA) is 9.23 Å². The Labute approximate surface area is 102 Å². The Balaban J connectivity index is 1.58. The molecule has 1 aliphatic carbocycles. The van der Waals surface area contributed by atoms with Gasteiger partial charge in [-0.3, -0.25) is 0 Å². The molecule has 1 aromatic carbocycles. The first-order valence-corrected chi connectivity index (χ1v) is 6.75. The first-order valence-electron chi connectivity index (χ1n) is 6.75. The number of benzene rings is 1. The lowest BCUT2D eigenvalue weighted by Crippen LogP contribution is -2.34. The summed E-state index contributed by atoms with van der Waals surface area (Å²) in [5.74, 6) is 0.866. The molecule has 1 saturated carbocycles. The van der Waals surface area contributed by atoms with Crippen LogP contribution in [0.5, 0.6) is 0 Å². The molecule has 3 aliphatic rings. The Hall–Kier alpha value is -1.08. The molecule has 0 radical (unpaired) electrons. The molecule has 3 fully saturated rings. The van der Waals surface area contributed by atoms with Crippen LogP contribution in [0.4, 0.5) is 0 Å². The van der Waals surface area contributed by atoms with Crippen molar-refractivity contribution in [1.82, 2.24) is 0 Å². The molecule has 1 nitrogen and oxygen atoms in total. The summed E-state index contributed by atoms with van der Waals surface area (Å²) >= 11 is 0. The molecule has 0 aromatic heterocycles. The van der Waals surface area contributed by atoms with Crippen LogP contribution >= 0.6 is 0 Å². The summed E-state index contributed by atoms with van der Waals surface area (Å²) < 4.78 is 6.38. The normalized spacial score (nSPS) is 42.7. The minimum absolute atomic E-state index is 0.0804. The second-order valence-electron chi connectivity index (χ2n) is 5.93. The van der Waals surface area contributed by atoms with Gasteiger partial charge in [-0.15, -0.1) is 0 Å². The van der Waals surface area contributed by atoms with Gasteiger partial charge >= 0.3 is 0 Å². The molecular weight excluding hydrogens is 208 g/mol. The number of hydrogen-bond donors (Lipinski definition) is 0. The molecule has 0 N–H and O–H groups in total. The van der Waals surface area contributed by atoms with Crippen molar-refractivity contribution in [2.75, 3.05) is 0 Å². The van der Waals surface area contributed by atoms with E-state index in [0.29, 0.717) is 5.60 Å². The zero-order valence-electron chi connectivity index (χ0n) is 10.1. The molecule has 2 heterocycles. The van der Waals surface area contributed by atoms with E-state index < -0.39 is 0 Å². The lowest BCUT2D eigenvalue weighted by atomic mass is 9.90. The zero-order valence-corrected chi connectivity index (χ0v) is 10.1. The molecule has 3 atom stereocenters. The first-order chi connectivity index (χ1) is 8.30. The minimum atomic E-state index is 0.0804. The summed E-state index contributed by atoms with van der Waals surface area (Å²) in [5.41, 5.74) is 1.68. The fourth-order valence-electron chi connectivity index (χ4n) is 3.80. The zero-order chi connectivity index (χ0) is 11.3. The molecule has 1 aromatic rings. The van der Waals surface area contributed by atoms with E-state index in [2.05, 4.69) is 42.5 Å². The van der Waals surface area contributed by atoms with E-state index in [4.69, 9.17) is 4.74 Å². The van der Waals surface area contributed by atoms with Crippen molar-refractivity contribution in [2.24, 2.45) is 5.92 Å². The van der Waals surface area contributed by atoms with Crippen LogP contribution in [0.25, 0.3) is 6.08 Å². The van der Waals surface area contributed by atoms with E-state index in [0.717, 1.165) is 5.92 Å². The van der Waals surface area contributed by atoms with E-state index in [1.165, 1.54) is 37.7 Å². The van der Waals surface area contributed by atoms with E-state index in [1.54, 1.807) is 0 Å². The van der Waals surface area contributed by atoms with E-state index in [9.17, 15) is 0 Å². The maximum Gasteiger partial charge on any atom is 0.0877 e. The molecule has 17 heavy (non-hydrogen) atoms. The van der Waals surface area contributed by atoms with Gasteiger partial charge in [-0.25, -0.2) is 0 Å². The smallest absolute Gasteiger partial charge is 0.0877 e. The highest BCUT2D eigenvalue weighted by molar-refractivity contribution is 5.51. The second-order valence-corrected chi connectivity index (χ2v) is 5.93. The van der Waals surface area contributed by atoms with Crippen LogP contribution in [0, 0.1) is 5.92 Å². The van der Waals surface area contributed by atoms with Crippen molar-refractivity contribution in [2.45, 2.75) is 43.3 Å². The molecule has 0 amide bonds. The fourth-order valence-corrected chi connectivity index (χ4v) is 3.80. The standard InChI is InChI=1S/C16H18O/c1-2-5-13(6-3-1)7-10-15-8-4-9-16(17-15)12-14(16)11-15/h1-3,5-7,10,14H,4,8-9,11-12H2/b10-7+/t14-,15-,16+/m0/s1. The molecule has 1 spiro atoms. The van der Waals surface area contributed by atoms with Gasteiger partial charge in [0.15, 0.2) is 0 Å². The quantitative estimate of drug-likeness (QED) is 0.745. The largest absolute Gasteiger partial charge is 0.364 e. The number of rotatable bonds is 2. The predicted octanol–water partition coefficient (Wildman–Crippen LogP) is 3.80. The van der Waals surface area contributed by atoms with Gasteiger partial charge in [0.25, 0.3) is 0 Å². The molecule has 2 aliphatic heterocycles. The summed E-state index contributed by atoms with van der Waals surface area (Å²) in [4.78, 5) is 0. The Morgan fingerprint density at radius 2 is 2.00 bits per heavy atom. The molecule has 88 valence electrons. The van der Waals surface area contributed by atoms with Gasteiger partial charge in [0.05, 0.1) is 11.2 Å². The average Bonchev–Trinajstić information content (AvgIpc) is 2.93. The molecule has 1 heteroatoms. The number of fused-ring (bicyclic) bond motifs is 1. The van der Waals surface area contributed by atoms with E-state index >= 15 is 0 Å². The van der Waals surface area contributed by atoms with Crippen LogP contribution in [-0.2, 0) is 4.74 Å². The Bertz CT molecular complexity index is 464. The number of hydrogen-bond acceptors (Lipinski definition) is 1. The second kappa shape index (κ2) is 3.23. The van der Waals surface area contributed by atoms with E-state index in [1.807, 2.05) is 0 Å². The SMILES string of the molecule is C(=C\[C@@]12CCC[C@]3(C[C@@H]3C1)O2)/c1ccccc1. The lowest BCUT2D eigenvalue weighted by Gasteiger charge is -2.34. The van der Waals surface area contributed by atoms with E-state index in [-0.39, 0.29) is 5.60 Å². The molecule has 4 rings (SSSR count). The lowest BCUT2D eigenvalue weighted by molar-refractivity contribution is -0.0814. The highest BCUT2D eigenvalue weighted by Crippen LogP contribution is 2.66. The fraction of sp³-hybridized carbons (Fsp3) is 0.500. The summed E-state index contributed by atoms with van der Waals surface area (Å²) in [6, 6.07) is 10.6. The van der Waals surface area contributed by atoms with Crippen molar-refractivity contribution in [1.29, 1.82) is 0 Å². The maximum absolute atomic E-state index is 6.38. The predicted molar refractivity (Wildman–Crippen MR) is 68.6 cm³/mol. The summed E-state index contributed by atoms with van der Waals surface area (Å²) in [7, 11) is 0. The van der Waals surface area contributed by atoms with Crippen LogP contribution < -0.4 is 0 Å². The third kappa shape index (κ3) is 1.49. The van der Waals surface area contributed by atoms with Crippen LogP contribution in [-0.4, -0.2) is 11.2 Å². The molecule has 2 saturated heterocycles. The van der Waals surface area contributed by atoms with Gasteiger partial charge in [-0.1, -0.05) is 42.5 Å². The van der Waals surface area contributed by atoms with Gasteiger partial charge in [0.2, 0.25) is 0 Å². The third-order valence-corrected chi connectivity index (χ3v) is 4.75. The van der Waals surface area contributed by atoms with Crippen LogP contribution in [0.1, 0.15) is 37.7 Å². The van der Waals surface area contributed by atoms with Crippen molar-refractivity contribution in [3.05, 3.63) is 42.0 Å². The maximum atomic E-state index is 6.38. The minimum Gasteiger partial charge on any atom is -0.364 e. The highest BCUT2D eigenvalue weighted by atomic mass is 16.5. The Morgan fingerprint density at radius 3 is 2.88 bits per heavy atom. The van der Waals surface area contributed by atoms with Crippen molar-refractivity contribution < 1.29 is 4.74 Å². The van der Waals surface area contributed by atoms with Crippen LogP contribution in [0.15, 0.2) is 36.4 Å². The van der Waals surface area contributed by atoms with Gasteiger partial charge in [-0.05, 0) is 43.6 Å². The van der Waals surface area contributed by atoms with Crippen molar-refractivity contribution in [3.8, 4) is 0 Å². The molecular formula is C16H18O. The Kier molecular flexibility index (Phi) is 1.88. The highest BCUT2D eigenvalue weighted by Gasteiger charge is 2.67. The Morgan fingerprint density at radius 1 is 1.12 bits per heavy atom. The average molecular weight is 226 g/mol. The summed E-state index contributed by atoms with van der Waals surface area (Å²) in [6.45, 7) is 0. The van der Waals surface area contributed by atoms with Gasteiger partial charge < -0.3 is 4.74 Å². The van der Waals surface area contributed by atoms with Crippen molar-refractivity contribution >= 4 is 6.08 Å². The van der Waals surface area contributed by atoms with Gasteiger partial charge in [0.1, 0.15) is 0 Å². The summed E-state index contributed by atoms with van der Waals surface area (Å²) in [6.07, 6.45) is 11.0. The third-order valence-electron chi connectivity index (χ3n) is 4.75.